The van der Waals surface area contributed by atoms with Crippen LogP contribution >= 0.6 is 11.8 Å². The minimum Gasteiger partial charge on any atom is -0.497 e. The van der Waals surface area contributed by atoms with Crippen molar-refractivity contribution in [3.05, 3.63) is 59.9 Å². The minimum atomic E-state index is -0.415. The second-order valence-electron chi connectivity index (χ2n) is 4.84. The Bertz CT molecular complexity index is 724. The van der Waals surface area contributed by atoms with E-state index in [1.807, 2.05) is 0 Å². The van der Waals surface area contributed by atoms with E-state index in [1.54, 1.807) is 49.6 Å². The van der Waals surface area contributed by atoms with Gasteiger partial charge in [-0.05, 0) is 29.8 Å². The SMILES string of the molecule is COc1cccc(CC(=O)NNC(=O)CSc2ccccc2F)c1. The summed E-state index contributed by atoms with van der Waals surface area (Å²) >= 11 is 1.06. The maximum Gasteiger partial charge on any atom is 0.248 e. The lowest BCUT2D eigenvalue weighted by Gasteiger charge is -2.08. The average Bonchev–Trinajstić information content (AvgIpc) is 2.59. The predicted octanol–water partition coefficient (Wildman–Crippen LogP) is 2.32. The maximum atomic E-state index is 13.4. The molecule has 2 N–H and O–H groups in total. The van der Waals surface area contributed by atoms with Crippen molar-refractivity contribution in [2.45, 2.75) is 11.3 Å². The number of methoxy groups -OCH3 is 1. The lowest BCUT2D eigenvalue weighted by molar-refractivity contribution is -0.127. The van der Waals surface area contributed by atoms with Crippen molar-refractivity contribution in [1.29, 1.82) is 0 Å². The van der Waals surface area contributed by atoms with E-state index in [0.717, 1.165) is 17.3 Å². The van der Waals surface area contributed by atoms with Gasteiger partial charge in [-0.3, -0.25) is 20.4 Å². The Morgan fingerprint density at radius 3 is 2.58 bits per heavy atom. The molecule has 2 aromatic carbocycles. The van der Waals surface area contributed by atoms with E-state index >= 15 is 0 Å². The summed E-state index contributed by atoms with van der Waals surface area (Å²) in [5.41, 5.74) is 5.41. The number of nitrogens with one attached hydrogen (secondary N) is 2. The molecule has 0 fully saturated rings. The van der Waals surface area contributed by atoms with Gasteiger partial charge in [0.1, 0.15) is 11.6 Å². The molecule has 0 atom stereocenters. The van der Waals surface area contributed by atoms with Gasteiger partial charge < -0.3 is 4.74 Å². The molecule has 0 saturated heterocycles. The summed E-state index contributed by atoms with van der Waals surface area (Å²) in [6, 6.07) is 13.3. The van der Waals surface area contributed by atoms with Crippen LogP contribution in [-0.4, -0.2) is 24.7 Å². The van der Waals surface area contributed by atoms with Crippen molar-refractivity contribution in [3.8, 4) is 5.75 Å². The lowest BCUT2D eigenvalue weighted by Crippen LogP contribution is -2.43. The number of rotatable bonds is 6. The summed E-state index contributed by atoms with van der Waals surface area (Å²) in [6.45, 7) is 0. The molecule has 0 aliphatic carbocycles. The summed E-state index contributed by atoms with van der Waals surface area (Å²) in [5.74, 6) is -0.488. The van der Waals surface area contributed by atoms with Crippen molar-refractivity contribution in [1.82, 2.24) is 10.9 Å². The highest BCUT2D eigenvalue weighted by molar-refractivity contribution is 8.00. The van der Waals surface area contributed by atoms with E-state index in [1.165, 1.54) is 6.07 Å². The van der Waals surface area contributed by atoms with Gasteiger partial charge in [0.25, 0.3) is 0 Å². The fourth-order valence-corrected chi connectivity index (χ4v) is 2.63. The normalized spacial score (nSPS) is 10.1. The van der Waals surface area contributed by atoms with Gasteiger partial charge in [0.05, 0.1) is 19.3 Å². The first-order valence-electron chi connectivity index (χ1n) is 7.16. The number of carbonyl (C=O) groups excluding carboxylic acids is 2. The standard InChI is InChI=1S/C17H17FN2O3S/c1-23-13-6-4-5-12(9-13)10-16(21)19-20-17(22)11-24-15-8-3-2-7-14(15)18/h2-9H,10-11H2,1H3,(H,19,21)(H,20,22). The molecule has 0 spiro atoms. The highest BCUT2D eigenvalue weighted by atomic mass is 32.2. The quantitative estimate of drug-likeness (QED) is 0.621. The molecule has 2 aromatic rings. The second kappa shape index (κ2) is 8.93. The monoisotopic (exact) mass is 348 g/mol. The molecular weight excluding hydrogens is 331 g/mol. The molecular formula is C17H17FN2O3S. The molecule has 24 heavy (non-hydrogen) atoms. The summed E-state index contributed by atoms with van der Waals surface area (Å²) in [7, 11) is 1.55. The molecule has 126 valence electrons. The molecule has 0 heterocycles. The van der Waals surface area contributed by atoms with Crippen LogP contribution in [0.5, 0.6) is 5.75 Å². The first kappa shape index (κ1) is 17.8. The van der Waals surface area contributed by atoms with Crippen LogP contribution in [0.4, 0.5) is 4.39 Å². The van der Waals surface area contributed by atoms with Gasteiger partial charge >= 0.3 is 0 Å². The predicted molar refractivity (Wildman–Crippen MR) is 90.1 cm³/mol. The average molecular weight is 348 g/mol. The fraction of sp³-hybridized carbons (Fsp3) is 0.176. The number of amides is 2. The maximum absolute atomic E-state index is 13.4. The van der Waals surface area contributed by atoms with Crippen LogP contribution in [0.25, 0.3) is 0 Å². The number of hydrogen-bond acceptors (Lipinski definition) is 4. The number of ether oxygens (including phenoxy) is 1. The van der Waals surface area contributed by atoms with Crippen molar-refractivity contribution in [2.75, 3.05) is 12.9 Å². The smallest absolute Gasteiger partial charge is 0.248 e. The number of hydrazine groups is 1. The molecule has 2 rings (SSSR count). The summed E-state index contributed by atoms with van der Waals surface area (Å²) in [5, 5.41) is 0. The van der Waals surface area contributed by atoms with Crippen molar-refractivity contribution in [2.24, 2.45) is 0 Å². The molecule has 0 bridgehead atoms. The van der Waals surface area contributed by atoms with Gasteiger partial charge in [-0.1, -0.05) is 24.3 Å². The molecule has 0 aliphatic heterocycles. The summed E-state index contributed by atoms with van der Waals surface area (Å²) in [4.78, 5) is 23.9. The van der Waals surface area contributed by atoms with Crippen LogP contribution in [0.3, 0.4) is 0 Å². The molecule has 0 aromatic heterocycles. The van der Waals surface area contributed by atoms with E-state index in [0.29, 0.717) is 10.6 Å². The van der Waals surface area contributed by atoms with Crippen LogP contribution in [0.15, 0.2) is 53.4 Å². The first-order chi connectivity index (χ1) is 11.6. The number of halogens is 1. The molecule has 0 aliphatic rings. The Morgan fingerprint density at radius 2 is 1.83 bits per heavy atom. The molecule has 5 nitrogen and oxygen atoms in total. The molecule has 0 radical (unpaired) electrons. The van der Waals surface area contributed by atoms with Crippen LogP contribution in [0.2, 0.25) is 0 Å². The minimum absolute atomic E-state index is 0.000370. The van der Waals surface area contributed by atoms with Crippen molar-refractivity contribution in [3.63, 3.8) is 0 Å². The van der Waals surface area contributed by atoms with E-state index in [2.05, 4.69) is 10.9 Å². The first-order valence-corrected chi connectivity index (χ1v) is 8.15. The van der Waals surface area contributed by atoms with Gasteiger partial charge in [-0.25, -0.2) is 4.39 Å². The molecule has 7 heteroatoms. The highest BCUT2D eigenvalue weighted by Gasteiger charge is 2.08. The van der Waals surface area contributed by atoms with E-state index in [9.17, 15) is 14.0 Å². The van der Waals surface area contributed by atoms with Gasteiger partial charge in [0.2, 0.25) is 11.8 Å². The van der Waals surface area contributed by atoms with Crippen LogP contribution in [-0.2, 0) is 16.0 Å². The third-order valence-electron chi connectivity index (χ3n) is 3.04. The van der Waals surface area contributed by atoms with Crippen molar-refractivity contribution >= 4 is 23.6 Å². The molecule has 2 amide bonds. The molecule has 0 saturated carbocycles. The largest absolute Gasteiger partial charge is 0.497 e. The Kier molecular flexibility index (Phi) is 6.62. The number of benzene rings is 2. The third-order valence-corrected chi connectivity index (χ3v) is 4.08. The van der Waals surface area contributed by atoms with Crippen LogP contribution in [0, 0.1) is 5.82 Å². The molecule has 0 unspecified atom stereocenters. The van der Waals surface area contributed by atoms with Gasteiger partial charge in [-0.15, -0.1) is 11.8 Å². The Hall–Kier alpha value is -2.54. The second-order valence-corrected chi connectivity index (χ2v) is 5.86. The fourth-order valence-electron chi connectivity index (χ4n) is 1.89. The Labute approximate surface area is 143 Å². The van der Waals surface area contributed by atoms with Crippen molar-refractivity contribution < 1.29 is 18.7 Å². The van der Waals surface area contributed by atoms with E-state index < -0.39 is 5.91 Å². The zero-order valence-electron chi connectivity index (χ0n) is 13.0. The van der Waals surface area contributed by atoms with Crippen LogP contribution in [0.1, 0.15) is 5.56 Å². The lowest BCUT2D eigenvalue weighted by atomic mass is 10.1. The zero-order valence-corrected chi connectivity index (χ0v) is 13.9. The summed E-state index contributed by atoms with van der Waals surface area (Å²) in [6.07, 6.45) is 0.109. The van der Waals surface area contributed by atoms with Gasteiger partial charge in [0, 0.05) is 4.90 Å². The number of carbonyl (C=O) groups is 2. The third kappa shape index (κ3) is 5.58. The number of hydrogen-bond donors (Lipinski definition) is 2. The number of thioether (sulfide) groups is 1. The summed E-state index contributed by atoms with van der Waals surface area (Å²) < 4.78 is 18.5. The van der Waals surface area contributed by atoms with Gasteiger partial charge in [-0.2, -0.15) is 0 Å². The van der Waals surface area contributed by atoms with E-state index in [4.69, 9.17) is 4.74 Å². The Balaban J connectivity index is 1.75. The van der Waals surface area contributed by atoms with E-state index in [-0.39, 0.29) is 23.9 Å². The Morgan fingerprint density at radius 1 is 1.08 bits per heavy atom. The van der Waals surface area contributed by atoms with Crippen LogP contribution < -0.4 is 15.6 Å². The highest BCUT2D eigenvalue weighted by Crippen LogP contribution is 2.20. The van der Waals surface area contributed by atoms with Gasteiger partial charge in [0.15, 0.2) is 0 Å². The topological polar surface area (TPSA) is 67.4 Å². The zero-order chi connectivity index (χ0) is 17.4.